The second kappa shape index (κ2) is 8.72. The van der Waals surface area contributed by atoms with E-state index in [0.717, 1.165) is 31.2 Å². The predicted octanol–water partition coefficient (Wildman–Crippen LogP) is 5.11. The summed E-state index contributed by atoms with van der Waals surface area (Å²) < 4.78 is 6.49. The molecule has 0 N–H and O–H groups in total. The van der Waals surface area contributed by atoms with Crippen LogP contribution in [0.3, 0.4) is 0 Å². The fourth-order valence-electron chi connectivity index (χ4n) is 2.89. The number of hydrogen-bond donors (Lipinski definition) is 0. The largest absolute Gasteiger partial charge is 0.416 e. The van der Waals surface area contributed by atoms with Crippen LogP contribution >= 0.6 is 0 Å². The summed E-state index contributed by atoms with van der Waals surface area (Å²) in [7, 11) is -1.92. The molecule has 0 saturated carbocycles. The summed E-state index contributed by atoms with van der Waals surface area (Å²) in [4.78, 5) is 0. The molecular weight excluding hydrogens is 284 g/mol. The van der Waals surface area contributed by atoms with Crippen LogP contribution in [0.1, 0.15) is 24.5 Å². The molecule has 1 nitrogen and oxygen atoms in total. The van der Waals surface area contributed by atoms with Crippen LogP contribution in [0, 0.1) is 0 Å². The molecule has 0 spiro atoms. The van der Waals surface area contributed by atoms with E-state index in [1.54, 1.807) is 0 Å². The van der Waals surface area contributed by atoms with Gasteiger partial charge in [0, 0.05) is 6.61 Å². The molecule has 2 aromatic rings. The molecule has 2 aromatic carbocycles. The van der Waals surface area contributed by atoms with E-state index in [-0.39, 0.29) is 0 Å². The second-order valence-corrected chi connectivity index (χ2v) is 9.62. The van der Waals surface area contributed by atoms with E-state index < -0.39 is 8.32 Å². The molecule has 0 fully saturated rings. The van der Waals surface area contributed by atoms with Crippen LogP contribution in [-0.4, -0.2) is 14.9 Å². The van der Waals surface area contributed by atoms with Crippen LogP contribution < -0.4 is 0 Å². The molecule has 0 aliphatic heterocycles. The van der Waals surface area contributed by atoms with Gasteiger partial charge in [0.05, 0.1) is 0 Å². The molecule has 0 radical (unpaired) electrons. The lowest BCUT2D eigenvalue weighted by Gasteiger charge is -2.31. The molecule has 0 atom stereocenters. The Morgan fingerprint density at radius 3 is 1.82 bits per heavy atom. The highest BCUT2D eigenvalue weighted by atomic mass is 28.4. The Kier molecular flexibility index (Phi) is 6.62. The maximum absolute atomic E-state index is 6.49. The highest BCUT2D eigenvalue weighted by molar-refractivity contribution is 6.73. The van der Waals surface area contributed by atoms with E-state index in [1.807, 2.05) is 6.08 Å². The Balaban J connectivity index is 2.25. The van der Waals surface area contributed by atoms with Crippen molar-refractivity contribution >= 4 is 8.32 Å². The summed E-state index contributed by atoms with van der Waals surface area (Å²) in [5, 5.41) is 0. The summed E-state index contributed by atoms with van der Waals surface area (Å²) in [6.07, 6.45) is 3.11. The van der Waals surface area contributed by atoms with Gasteiger partial charge >= 0.3 is 0 Å². The van der Waals surface area contributed by atoms with Crippen molar-refractivity contribution in [2.45, 2.75) is 31.5 Å². The number of allylic oxidation sites excluding steroid dienone is 1. The molecule has 0 aromatic heterocycles. The third-order valence-electron chi connectivity index (χ3n) is 3.87. The minimum absolute atomic E-state index is 0.847. The average molecular weight is 311 g/mol. The molecule has 2 heteroatoms. The third kappa shape index (κ3) is 4.97. The van der Waals surface area contributed by atoms with Crippen molar-refractivity contribution in [1.82, 2.24) is 0 Å². The Morgan fingerprint density at radius 1 is 0.909 bits per heavy atom. The second-order valence-electron chi connectivity index (χ2n) is 5.85. The molecule has 116 valence electrons. The standard InChI is InChI=1S/C20H26OSi/c1-3-15-21-22(16-4-2,17-19-11-7-5-8-12-19)18-20-13-9-6-10-14-20/h4-14H,2-3,15-18H2,1H3. The lowest BCUT2D eigenvalue weighted by atomic mass is 10.2. The summed E-state index contributed by atoms with van der Waals surface area (Å²) in [6, 6.07) is 24.6. The maximum Gasteiger partial charge on any atom is 0.205 e. The number of rotatable bonds is 9. The van der Waals surface area contributed by atoms with Crippen LogP contribution in [0.15, 0.2) is 73.3 Å². The lowest BCUT2D eigenvalue weighted by Crippen LogP contribution is -2.44. The van der Waals surface area contributed by atoms with Gasteiger partial charge in [0.2, 0.25) is 8.32 Å². The molecule has 0 aliphatic carbocycles. The van der Waals surface area contributed by atoms with Crippen LogP contribution in [0.2, 0.25) is 6.04 Å². The first kappa shape index (κ1) is 16.7. The van der Waals surface area contributed by atoms with E-state index in [4.69, 9.17) is 4.43 Å². The van der Waals surface area contributed by atoms with Crippen LogP contribution in [0.5, 0.6) is 0 Å². The first-order valence-electron chi connectivity index (χ1n) is 8.11. The topological polar surface area (TPSA) is 9.23 Å². The molecule has 0 unspecified atom stereocenters. The van der Waals surface area contributed by atoms with Crippen molar-refractivity contribution in [3.63, 3.8) is 0 Å². The minimum atomic E-state index is -1.92. The molecule has 22 heavy (non-hydrogen) atoms. The van der Waals surface area contributed by atoms with Gasteiger partial charge in [-0.2, -0.15) is 0 Å². The third-order valence-corrected chi connectivity index (χ3v) is 7.82. The normalized spacial score (nSPS) is 11.3. The fraction of sp³-hybridized carbons (Fsp3) is 0.300. The van der Waals surface area contributed by atoms with Gasteiger partial charge in [-0.25, -0.2) is 0 Å². The Bertz CT molecular complexity index is 509. The van der Waals surface area contributed by atoms with E-state index in [1.165, 1.54) is 11.1 Å². The first-order valence-corrected chi connectivity index (χ1v) is 10.6. The van der Waals surface area contributed by atoms with Gasteiger partial charge in [-0.15, -0.1) is 6.58 Å². The fourth-order valence-corrected chi connectivity index (χ4v) is 6.74. The van der Waals surface area contributed by atoms with Gasteiger partial charge in [-0.1, -0.05) is 73.7 Å². The summed E-state index contributed by atoms with van der Waals surface area (Å²) in [6.45, 7) is 7.02. The molecule has 0 aliphatic rings. The highest BCUT2D eigenvalue weighted by Gasteiger charge is 2.34. The van der Waals surface area contributed by atoms with Gasteiger partial charge in [0.15, 0.2) is 0 Å². The summed E-state index contributed by atoms with van der Waals surface area (Å²) in [5.41, 5.74) is 2.76. The monoisotopic (exact) mass is 310 g/mol. The van der Waals surface area contributed by atoms with Crippen molar-refractivity contribution in [3.8, 4) is 0 Å². The van der Waals surface area contributed by atoms with E-state index in [2.05, 4.69) is 74.2 Å². The van der Waals surface area contributed by atoms with Gasteiger partial charge in [-0.3, -0.25) is 0 Å². The predicted molar refractivity (Wildman–Crippen MR) is 97.3 cm³/mol. The molecule has 0 amide bonds. The Morgan fingerprint density at radius 2 is 1.41 bits per heavy atom. The minimum Gasteiger partial charge on any atom is -0.416 e. The molecule has 0 bridgehead atoms. The summed E-state index contributed by atoms with van der Waals surface area (Å²) in [5.74, 6) is 0. The van der Waals surface area contributed by atoms with Gasteiger partial charge in [0.1, 0.15) is 0 Å². The van der Waals surface area contributed by atoms with E-state index in [9.17, 15) is 0 Å². The number of benzene rings is 2. The molecule has 0 saturated heterocycles. The smallest absolute Gasteiger partial charge is 0.205 e. The quantitative estimate of drug-likeness (QED) is 0.462. The zero-order valence-electron chi connectivity index (χ0n) is 13.5. The first-order chi connectivity index (χ1) is 10.8. The van der Waals surface area contributed by atoms with Gasteiger partial charge < -0.3 is 4.43 Å². The number of hydrogen-bond acceptors (Lipinski definition) is 1. The summed E-state index contributed by atoms with van der Waals surface area (Å²) >= 11 is 0. The van der Waals surface area contributed by atoms with Gasteiger partial charge in [-0.05, 0) is 35.7 Å². The van der Waals surface area contributed by atoms with Crippen molar-refractivity contribution in [3.05, 3.63) is 84.4 Å². The van der Waals surface area contributed by atoms with Crippen molar-refractivity contribution in [2.75, 3.05) is 6.61 Å². The van der Waals surface area contributed by atoms with E-state index >= 15 is 0 Å². The Hall–Kier alpha value is -1.64. The SMILES string of the molecule is C=CC[Si](Cc1ccccc1)(Cc1ccccc1)OCCC. The lowest BCUT2D eigenvalue weighted by molar-refractivity contribution is 0.298. The van der Waals surface area contributed by atoms with Crippen molar-refractivity contribution < 1.29 is 4.43 Å². The van der Waals surface area contributed by atoms with Crippen LogP contribution in [0.25, 0.3) is 0 Å². The zero-order chi connectivity index (χ0) is 15.7. The zero-order valence-corrected chi connectivity index (χ0v) is 14.5. The van der Waals surface area contributed by atoms with Gasteiger partial charge in [0.25, 0.3) is 0 Å². The molecule has 2 rings (SSSR count). The maximum atomic E-state index is 6.49. The highest BCUT2D eigenvalue weighted by Crippen LogP contribution is 2.24. The Labute approximate surface area is 135 Å². The molecule has 0 heterocycles. The van der Waals surface area contributed by atoms with Crippen molar-refractivity contribution in [1.29, 1.82) is 0 Å². The average Bonchev–Trinajstić information content (AvgIpc) is 2.55. The molecular formula is C20H26OSi. The van der Waals surface area contributed by atoms with E-state index in [0.29, 0.717) is 0 Å². The van der Waals surface area contributed by atoms with Crippen LogP contribution in [-0.2, 0) is 16.5 Å². The van der Waals surface area contributed by atoms with Crippen molar-refractivity contribution in [2.24, 2.45) is 0 Å². The van der Waals surface area contributed by atoms with Crippen LogP contribution in [0.4, 0.5) is 0 Å².